The number of hydrogen-bond acceptors (Lipinski definition) is 5. The first-order chi connectivity index (χ1) is 11.2. The molecule has 1 saturated heterocycles. The number of amides is 1. The van der Waals surface area contributed by atoms with E-state index < -0.39 is 0 Å². The Morgan fingerprint density at radius 1 is 1.17 bits per heavy atom. The highest BCUT2D eigenvalue weighted by molar-refractivity contribution is 5.90. The lowest BCUT2D eigenvalue weighted by Gasteiger charge is -2.32. The maximum atomic E-state index is 12.0. The van der Waals surface area contributed by atoms with Crippen molar-refractivity contribution in [3.8, 4) is 0 Å². The molecule has 1 N–H and O–H groups in total. The van der Waals surface area contributed by atoms with Gasteiger partial charge in [0.1, 0.15) is 0 Å². The molecule has 0 unspecified atom stereocenters. The second kappa shape index (κ2) is 7.73. The highest BCUT2D eigenvalue weighted by atomic mass is 16.1. The monoisotopic (exact) mass is 317 g/mol. The lowest BCUT2D eigenvalue weighted by Crippen LogP contribution is -2.45. The summed E-state index contributed by atoms with van der Waals surface area (Å²) in [5, 5.41) is 2.91. The summed E-state index contributed by atoms with van der Waals surface area (Å²) < 4.78 is 0. The van der Waals surface area contributed by atoms with Crippen LogP contribution in [0.3, 0.4) is 0 Å². The summed E-state index contributed by atoms with van der Waals surface area (Å²) in [6.07, 6.45) is 10.3. The molecular formula is C17H27N5O. The van der Waals surface area contributed by atoms with Crippen molar-refractivity contribution in [3.05, 3.63) is 12.4 Å². The Morgan fingerprint density at radius 3 is 2.48 bits per heavy atom. The number of likely N-dealkylation sites (N-methyl/N-ethyl adjacent to an activating group) is 1. The summed E-state index contributed by atoms with van der Waals surface area (Å²) in [6.45, 7) is 3.96. The Hall–Kier alpha value is -1.69. The third kappa shape index (κ3) is 4.64. The van der Waals surface area contributed by atoms with Crippen molar-refractivity contribution < 1.29 is 4.79 Å². The zero-order valence-corrected chi connectivity index (χ0v) is 14.0. The SMILES string of the molecule is CN1CCN(c2ncc(NC(=O)CCC3CCCC3)cn2)CC1. The second-order valence-corrected chi connectivity index (χ2v) is 6.80. The predicted octanol–water partition coefficient (Wildman–Crippen LogP) is 2.14. The van der Waals surface area contributed by atoms with Crippen LogP contribution in [0, 0.1) is 5.92 Å². The van der Waals surface area contributed by atoms with Gasteiger partial charge in [0.15, 0.2) is 0 Å². The quantitative estimate of drug-likeness (QED) is 0.901. The normalized spacial score (nSPS) is 20.0. The van der Waals surface area contributed by atoms with E-state index >= 15 is 0 Å². The summed E-state index contributed by atoms with van der Waals surface area (Å²) in [7, 11) is 2.13. The van der Waals surface area contributed by atoms with Gasteiger partial charge in [-0.15, -0.1) is 0 Å². The number of carbonyl (C=O) groups is 1. The average Bonchev–Trinajstić information content (AvgIpc) is 3.08. The van der Waals surface area contributed by atoms with Crippen molar-refractivity contribution in [1.29, 1.82) is 0 Å². The molecule has 1 aliphatic heterocycles. The minimum absolute atomic E-state index is 0.0767. The maximum Gasteiger partial charge on any atom is 0.225 e. The van der Waals surface area contributed by atoms with Crippen molar-refractivity contribution in [2.24, 2.45) is 5.92 Å². The molecule has 0 spiro atoms. The summed E-state index contributed by atoms with van der Waals surface area (Å²) in [5.74, 6) is 1.58. The molecule has 3 rings (SSSR count). The van der Waals surface area contributed by atoms with Gasteiger partial charge >= 0.3 is 0 Å². The Morgan fingerprint density at radius 2 is 1.83 bits per heavy atom. The van der Waals surface area contributed by atoms with E-state index in [0.29, 0.717) is 12.1 Å². The van der Waals surface area contributed by atoms with Gasteiger partial charge in [0.2, 0.25) is 11.9 Å². The molecule has 0 atom stereocenters. The molecule has 23 heavy (non-hydrogen) atoms. The zero-order valence-electron chi connectivity index (χ0n) is 14.0. The van der Waals surface area contributed by atoms with Crippen molar-refractivity contribution in [2.75, 3.05) is 43.4 Å². The van der Waals surface area contributed by atoms with Gasteiger partial charge in [-0.25, -0.2) is 9.97 Å². The number of nitrogens with zero attached hydrogens (tertiary/aromatic N) is 4. The van der Waals surface area contributed by atoms with Gasteiger partial charge in [-0.2, -0.15) is 0 Å². The van der Waals surface area contributed by atoms with Crippen LogP contribution in [0.25, 0.3) is 0 Å². The average molecular weight is 317 g/mol. The molecule has 0 radical (unpaired) electrons. The van der Waals surface area contributed by atoms with Crippen LogP contribution in [0.1, 0.15) is 38.5 Å². The number of nitrogens with one attached hydrogen (secondary N) is 1. The molecule has 0 bridgehead atoms. The van der Waals surface area contributed by atoms with E-state index in [-0.39, 0.29) is 5.91 Å². The molecule has 126 valence electrons. The first kappa shape index (κ1) is 16.2. The first-order valence-electron chi connectivity index (χ1n) is 8.76. The molecule has 6 nitrogen and oxygen atoms in total. The molecular weight excluding hydrogens is 290 g/mol. The highest BCUT2D eigenvalue weighted by Crippen LogP contribution is 2.28. The van der Waals surface area contributed by atoms with Gasteiger partial charge in [0.05, 0.1) is 18.1 Å². The molecule has 1 saturated carbocycles. The topological polar surface area (TPSA) is 61.4 Å². The first-order valence-corrected chi connectivity index (χ1v) is 8.76. The Labute approximate surface area is 138 Å². The molecule has 0 aromatic carbocycles. The molecule has 1 aliphatic carbocycles. The minimum atomic E-state index is 0.0767. The maximum absolute atomic E-state index is 12.0. The number of hydrogen-bond donors (Lipinski definition) is 1. The summed E-state index contributed by atoms with van der Waals surface area (Å²) >= 11 is 0. The van der Waals surface area contributed by atoms with E-state index in [9.17, 15) is 4.79 Å². The van der Waals surface area contributed by atoms with Crippen LogP contribution in [0.15, 0.2) is 12.4 Å². The van der Waals surface area contributed by atoms with E-state index in [1.54, 1.807) is 12.4 Å². The minimum Gasteiger partial charge on any atom is -0.338 e. The second-order valence-electron chi connectivity index (χ2n) is 6.80. The van der Waals surface area contributed by atoms with Gasteiger partial charge in [0, 0.05) is 32.6 Å². The van der Waals surface area contributed by atoms with Crippen molar-refractivity contribution >= 4 is 17.5 Å². The summed E-state index contributed by atoms with van der Waals surface area (Å²) in [6, 6.07) is 0. The number of anilines is 2. The van der Waals surface area contributed by atoms with Crippen LogP contribution < -0.4 is 10.2 Å². The Bertz CT molecular complexity index is 504. The van der Waals surface area contributed by atoms with Gasteiger partial charge < -0.3 is 15.1 Å². The van der Waals surface area contributed by atoms with Crippen LogP contribution in [0.2, 0.25) is 0 Å². The number of rotatable bonds is 5. The van der Waals surface area contributed by atoms with E-state index in [1.165, 1.54) is 25.7 Å². The van der Waals surface area contributed by atoms with E-state index in [1.807, 2.05) is 0 Å². The fraction of sp³-hybridized carbons (Fsp3) is 0.706. The van der Waals surface area contributed by atoms with Crippen molar-refractivity contribution in [2.45, 2.75) is 38.5 Å². The number of piperazine rings is 1. The van der Waals surface area contributed by atoms with Gasteiger partial charge in [-0.05, 0) is 19.4 Å². The molecule has 2 fully saturated rings. The molecule has 1 aromatic heterocycles. The lowest BCUT2D eigenvalue weighted by atomic mass is 10.0. The van der Waals surface area contributed by atoms with Gasteiger partial charge in [-0.3, -0.25) is 4.79 Å². The molecule has 2 heterocycles. The van der Waals surface area contributed by atoms with Crippen LogP contribution in [0.4, 0.5) is 11.6 Å². The number of carbonyl (C=O) groups excluding carboxylic acids is 1. The molecule has 1 amide bonds. The van der Waals surface area contributed by atoms with E-state index in [4.69, 9.17) is 0 Å². The van der Waals surface area contributed by atoms with Crippen molar-refractivity contribution in [1.82, 2.24) is 14.9 Å². The summed E-state index contributed by atoms with van der Waals surface area (Å²) in [5.41, 5.74) is 0.694. The van der Waals surface area contributed by atoms with Crippen LogP contribution >= 0.6 is 0 Å². The highest BCUT2D eigenvalue weighted by Gasteiger charge is 2.17. The summed E-state index contributed by atoms with van der Waals surface area (Å²) in [4.78, 5) is 25.3. The van der Waals surface area contributed by atoms with Gasteiger partial charge in [-0.1, -0.05) is 25.7 Å². The fourth-order valence-electron chi connectivity index (χ4n) is 3.41. The van der Waals surface area contributed by atoms with E-state index in [0.717, 1.165) is 44.5 Å². The van der Waals surface area contributed by atoms with E-state index in [2.05, 4.69) is 32.1 Å². The van der Waals surface area contributed by atoms with Crippen LogP contribution in [0.5, 0.6) is 0 Å². The Balaban J connectivity index is 1.46. The molecule has 2 aliphatic rings. The van der Waals surface area contributed by atoms with Gasteiger partial charge in [0.25, 0.3) is 0 Å². The third-order valence-corrected chi connectivity index (χ3v) is 4.96. The van der Waals surface area contributed by atoms with Crippen molar-refractivity contribution in [3.63, 3.8) is 0 Å². The standard InChI is InChI=1S/C17H27N5O/c1-21-8-10-22(11-9-21)17-18-12-15(13-19-17)20-16(23)7-6-14-4-2-3-5-14/h12-14H,2-11H2,1H3,(H,20,23). The zero-order chi connectivity index (χ0) is 16.1. The predicted molar refractivity (Wildman–Crippen MR) is 91.6 cm³/mol. The lowest BCUT2D eigenvalue weighted by molar-refractivity contribution is -0.116. The molecule has 1 aromatic rings. The van der Waals surface area contributed by atoms with Crippen LogP contribution in [-0.2, 0) is 4.79 Å². The fourth-order valence-corrected chi connectivity index (χ4v) is 3.41. The van der Waals surface area contributed by atoms with Crippen LogP contribution in [-0.4, -0.2) is 54.0 Å². The smallest absolute Gasteiger partial charge is 0.225 e. The molecule has 6 heteroatoms. The Kier molecular flexibility index (Phi) is 5.43. The largest absolute Gasteiger partial charge is 0.338 e. The number of aromatic nitrogens is 2. The third-order valence-electron chi connectivity index (χ3n) is 4.96.